The second-order valence-corrected chi connectivity index (χ2v) is 5.66. The van der Waals surface area contributed by atoms with E-state index in [1.807, 2.05) is 6.07 Å². The Labute approximate surface area is 113 Å². The normalized spacial score (nSPS) is 10.6. The highest BCUT2D eigenvalue weighted by Crippen LogP contribution is 2.19. The molecular weight excluding hydrogens is 262 g/mol. The molecule has 0 amide bonds. The van der Waals surface area contributed by atoms with Crippen molar-refractivity contribution >= 4 is 15.7 Å². The maximum Gasteiger partial charge on any atom is 0.242 e. The maximum absolute atomic E-state index is 12.0. The van der Waals surface area contributed by atoms with Crippen molar-refractivity contribution in [2.45, 2.75) is 24.2 Å². The van der Waals surface area contributed by atoms with Gasteiger partial charge < -0.3 is 5.73 Å². The number of nitrogens with zero attached hydrogens (tertiary/aromatic N) is 1. The summed E-state index contributed by atoms with van der Waals surface area (Å²) in [5.41, 5.74) is 6.03. The second kappa shape index (κ2) is 6.79. The lowest BCUT2D eigenvalue weighted by Crippen LogP contribution is -2.25. The standard InChI is InChI=1S/C13H15N3O2S/c1-2-3-4-5-8-16-19(17,18)13-7-6-11(10-14)9-12(13)15/h1,6-7,9,16H,3-5,8,15H2. The van der Waals surface area contributed by atoms with Gasteiger partial charge in [0, 0.05) is 13.0 Å². The maximum atomic E-state index is 12.0. The lowest BCUT2D eigenvalue weighted by Gasteiger charge is -2.08. The van der Waals surface area contributed by atoms with Crippen molar-refractivity contribution in [1.29, 1.82) is 5.26 Å². The van der Waals surface area contributed by atoms with Gasteiger partial charge >= 0.3 is 0 Å². The molecule has 6 heteroatoms. The zero-order valence-corrected chi connectivity index (χ0v) is 11.2. The van der Waals surface area contributed by atoms with Crippen molar-refractivity contribution in [1.82, 2.24) is 4.72 Å². The molecule has 100 valence electrons. The lowest BCUT2D eigenvalue weighted by molar-refractivity contribution is 0.578. The van der Waals surface area contributed by atoms with Crippen molar-refractivity contribution in [2.24, 2.45) is 0 Å². The molecular formula is C13H15N3O2S. The first-order chi connectivity index (χ1) is 9.01. The van der Waals surface area contributed by atoms with E-state index in [9.17, 15) is 8.42 Å². The van der Waals surface area contributed by atoms with Crippen LogP contribution in [0.25, 0.3) is 0 Å². The molecule has 3 N–H and O–H groups in total. The zero-order chi connectivity index (χ0) is 14.3. The van der Waals surface area contributed by atoms with Crippen molar-refractivity contribution in [2.75, 3.05) is 12.3 Å². The third-order valence-electron chi connectivity index (χ3n) is 2.47. The van der Waals surface area contributed by atoms with Crippen LogP contribution in [0.1, 0.15) is 24.8 Å². The number of rotatable bonds is 6. The van der Waals surface area contributed by atoms with E-state index in [2.05, 4.69) is 10.6 Å². The van der Waals surface area contributed by atoms with Gasteiger partial charge in [-0.3, -0.25) is 0 Å². The first-order valence-corrected chi connectivity index (χ1v) is 7.22. The molecule has 0 spiro atoms. The third kappa shape index (κ3) is 4.29. The molecule has 0 saturated heterocycles. The van der Waals surface area contributed by atoms with Crippen LogP contribution in [0.5, 0.6) is 0 Å². The van der Waals surface area contributed by atoms with Crippen molar-refractivity contribution in [3.8, 4) is 18.4 Å². The number of nitrogens with two attached hydrogens (primary N) is 1. The number of anilines is 1. The van der Waals surface area contributed by atoms with E-state index in [1.54, 1.807) is 0 Å². The van der Waals surface area contributed by atoms with Gasteiger partial charge in [0.1, 0.15) is 4.90 Å². The Morgan fingerprint density at radius 3 is 2.68 bits per heavy atom. The summed E-state index contributed by atoms with van der Waals surface area (Å²) in [7, 11) is -3.64. The predicted octanol–water partition coefficient (Wildman–Crippen LogP) is 1.22. The molecule has 0 heterocycles. The van der Waals surface area contributed by atoms with Crippen LogP contribution in [0.15, 0.2) is 23.1 Å². The van der Waals surface area contributed by atoms with E-state index in [4.69, 9.17) is 17.4 Å². The van der Waals surface area contributed by atoms with Gasteiger partial charge in [-0.2, -0.15) is 5.26 Å². The van der Waals surface area contributed by atoms with Crippen molar-refractivity contribution < 1.29 is 8.42 Å². The Kier molecular flexibility index (Phi) is 5.37. The van der Waals surface area contributed by atoms with Crippen molar-refractivity contribution in [3.05, 3.63) is 23.8 Å². The molecule has 1 aromatic rings. The first kappa shape index (κ1) is 15.0. The fraction of sp³-hybridized carbons (Fsp3) is 0.308. The molecule has 0 atom stereocenters. The zero-order valence-electron chi connectivity index (χ0n) is 10.4. The highest BCUT2D eigenvalue weighted by molar-refractivity contribution is 7.89. The van der Waals surface area contributed by atoms with E-state index in [-0.39, 0.29) is 10.6 Å². The van der Waals surface area contributed by atoms with E-state index in [0.29, 0.717) is 24.9 Å². The largest absolute Gasteiger partial charge is 0.398 e. The number of hydrogen-bond donors (Lipinski definition) is 2. The minimum absolute atomic E-state index is 0.0107. The monoisotopic (exact) mass is 277 g/mol. The summed E-state index contributed by atoms with van der Waals surface area (Å²) < 4.78 is 26.4. The van der Waals surface area contributed by atoms with Crippen LogP contribution < -0.4 is 10.5 Å². The molecule has 0 aliphatic carbocycles. The number of hydrogen-bond acceptors (Lipinski definition) is 4. The average Bonchev–Trinajstić information content (AvgIpc) is 2.37. The molecule has 0 radical (unpaired) electrons. The van der Waals surface area contributed by atoms with Crippen LogP contribution in [0, 0.1) is 23.7 Å². The number of sulfonamides is 1. The topological polar surface area (TPSA) is 96.0 Å². The third-order valence-corrected chi connectivity index (χ3v) is 4.00. The number of terminal acetylenes is 1. The van der Waals surface area contributed by atoms with Gasteiger partial charge in [0.15, 0.2) is 0 Å². The van der Waals surface area contributed by atoms with Gasteiger partial charge in [-0.15, -0.1) is 12.3 Å². The first-order valence-electron chi connectivity index (χ1n) is 5.74. The molecule has 0 unspecified atom stereocenters. The Bertz CT molecular complexity index is 624. The van der Waals surface area contributed by atoms with Crippen LogP contribution in [0.2, 0.25) is 0 Å². The minimum Gasteiger partial charge on any atom is -0.398 e. The van der Waals surface area contributed by atoms with E-state index in [0.717, 1.165) is 6.42 Å². The van der Waals surface area contributed by atoms with Crippen LogP contribution in [0.4, 0.5) is 5.69 Å². The number of nitrogens with one attached hydrogen (secondary N) is 1. The van der Waals surface area contributed by atoms with Crippen LogP contribution in [-0.4, -0.2) is 15.0 Å². The van der Waals surface area contributed by atoms with Crippen LogP contribution >= 0.6 is 0 Å². The van der Waals surface area contributed by atoms with Crippen molar-refractivity contribution in [3.63, 3.8) is 0 Å². The van der Waals surface area contributed by atoms with Gasteiger partial charge in [-0.1, -0.05) is 0 Å². The van der Waals surface area contributed by atoms with Gasteiger partial charge in [0.05, 0.1) is 17.3 Å². The smallest absolute Gasteiger partial charge is 0.242 e. The summed E-state index contributed by atoms with van der Waals surface area (Å²) in [6, 6.07) is 5.99. The molecule has 0 aromatic heterocycles. The highest BCUT2D eigenvalue weighted by atomic mass is 32.2. The Hall–Kier alpha value is -2.02. The van der Waals surface area contributed by atoms with Gasteiger partial charge in [-0.25, -0.2) is 13.1 Å². The summed E-state index contributed by atoms with van der Waals surface area (Å²) in [4.78, 5) is -0.0107. The number of benzene rings is 1. The highest BCUT2D eigenvalue weighted by Gasteiger charge is 2.16. The second-order valence-electron chi connectivity index (χ2n) is 3.92. The Morgan fingerprint density at radius 1 is 1.37 bits per heavy atom. The Morgan fingerprint density at radius 2 is 2.11 bits per heavy atom. The molecule has 1 rings (SSSR count). The van der Waals surface area contributed by atoms with Gasteiger partial charge in [-0.05, 0) is 31.0 Å². The summed E-state index contributed by atoms with van der Waals surface area (Å²) in [6.07, 6.45) is 7.16. The molecule has 0 aliphatic rings. The summed E-state index contributed by atoms with van der Waals surface area (Å²) >= 11 is 0. The lowest BCUT2D eigenvalue weighted by atomic mass is 10.2. The fourth-order valence-corrected chi connectivity index (χ4v) is 2.68. The quantitative estimate of drug-likeness (QED) is 0.464. The van der Waals surface area contributed by atoms with Crippen LogP contribution in [0.3, 0.4) is 0 Å². The SMILES string of the molecule is C#CCCCCNS(=O)(=O)c1ccc(C#N)cc1N. The van der Waals surface area contributed by atoms with E-state index >= 15 is 0 Å². The predicted molar refractivity (Wildman–Crippen MR) is 73.4 cm³/mol. The number of unbranched alkanes of at least 4 members (excludes halogenated alkanes) is 2. The minimum atomic E-state index is -3.64. The fourth-order valence-electron chi connectivity index (χ4n) is 1.50. The van der Waals surface area contributed by atoms with Gasteiger partial charge in [0.25, 0.3) is 0 Å². The molecule has 0 bridgehead atoms. The molecule has 19 heavy (non-hydrogen) atoms. The van der Waals surface area contributed by atoms with E-state index in [1.165, 1.54) is 18.2 Å². The molecule has 5 nitrogen and oxygen atoms in total. The molecule has 0 saturated carbocycles. The summed E-state index contributed by atoms with van der Waals surface area (Å²) in [5.74, 6) is 2.49. The molecule has 0 aliphatic heterocycles. The number of nitrogen functional groups attached to an aromatic ring is 1. The summed E-state index contributed by atoms with van der Waals surface area (Å²) in [6.45, 7) is 0.309. The Balaban J connectivity index is 2.73. The molecule has 1 aromatic carbocycles. The average molecular weight is 277 g/mol. The van der Waals surface area contributed by atoms with Crippen LogP contribution in [-0.2, 0) is 10.0 Å². The number of nitriles is 1. The van der Waals surface area contributed by atoms with Gasteiger partial charge in [0.2, 0.25) is 10.0 Å². The van der Waals surface area contributed by atoms with E-state index < -0.39 is 10.0 Å². The summed E-state index contributed by atoms with van der Waals surface area (Å²) in [5, 5.41) is 8.69. The molecule has 0 fully saturated rings.